The van der Waals surface area contributed by atoms with Gasteiger partial charge in [-0.2, -0.15) is 5.10 Å². The summed E-state index contributed by atoms with van der Waals surface area (Å²) in [7, 11) is 3.62. The van der Waals surface area contributed by atoms with Crippen molar-refractivity contribution >= 4 is 22.8 Å². The van der Waals surface area contributed by atoms with Gasteiger partial charge in [-0.1, -0.05) is 30.3 Å². The highest BCUT2D eigenvalue weighted by molar-refractivity contribution is 5.87. The maximum Gasteiger partial charge on any atom is 0.341 e. The van der Waals surface area contributed by atoms with E-state index in [0.717, 1.165) is 22.2 Å². The number of aliphatic carboxylic acids is 1. The lowest BCUT2D eigenvalue weighted by Crippen LogP contribution is -2.28. The molecule has 0 radical (unpaired) electrons. The first-order valence-electron chi connectivity index (χ1n) is 8.52. The number of carbonyl (C=O) groups excluding carboxylic acids is 1. The Morgan fingerprint density at radius 1 is 1.15 bits per heavy atom. The average molecular weight is 367 g/mol. The first-order valence-corrected chi connectivity index (χ1v) is 8.52. The molecule has 0 spiro atoms. The molecule has 0 saturated carbocycles. The Morgan fingerprint density at radius 3 is 2.56 bits per heavy atom. The van der Waals surface area contributed by atoms with E-state index >= 15 is 0 Å². The van der Waals surface area contributed by atoms with Crippen LogP contribution >= 0.6 is 0 Å². The number of hydrogen-bond donors (Lipinski definition) is 1. The van der Waals surface area contributed by atoms with Gasteiger partial charge in [0, 0.05) is 26.0 Å². The van der Waals surface area contributed by atoms with Gasteiger partial charge in [0.15, 0.2) is 6.61 Å². The number of hydrogen-bond acceptors (Lipinski definition) is 4. The molecular formula is C20H21N3O4. The van der Waals surface area contributed by atoms with Crippen LogP contribution in [0.1, 0.15) is 11.3 Å². The quantitative estimate of drug-likeness (QED) is 0.692. The normalized spacial score (nSPS) is 10.7. The third kappa shape index (κ3) is 4.44. The second-order valence-corrected chi connectivity index (χ2v) is 6.34. The summed E-state index contributed by atoms with van der Waals surface area (Å²) in [5, 5.41) is 14.1. The Labute approximate surface area is 156 Å². The molecule has 3 rings (SSSR count). The topological polar surface area (TPSA) is 84.7 Å². The molecule has 0 atom stereocenters. The van der Waals surface area contributed by atoms with Crippen LogP contribution in [0.3, 0.4) is 0 Å². The van der Waals surface area contributed by atoms with Crippen molar-refractivity contribution in [3.8, 4) is 5.75 Å². The summed E-state index contributed by atoms with van der Waals surface area (Å²) < 4.78 is 6.89. The maximum atomic E-state index is 12.6. The van der Waals surface area contributed by atoms with Crippen molar-refractivity contribution in [2.75, 3.05) is 13.7 Å². The number of aryl methyl sites for hydroxylation is 1. The largest absolute Gasteiger partial charge is 0.482 e. The molecule has 0 fully saturated rings. The lowest BCUT2D eigenvalue weighted by molar-refractivity contribution is -0.139. The Morgan fingerprint density at radius 2 is 1.85 bits per heavy atom. The second kappa shape index (κ2) is 7.90. The number of amides is 1. The second-order valence-electron chi connectivity index (χ2n) is 6.34. The minimum atomic E-state index is -1.02. The molecule has 7 heteroatoms. The smallest absolute Gasteiger partial charge is 0.341 e. The van der Waals surface area contributed by atoms with E-state index in [9.17, 15) is 9.59 Å². The standard InChI is InChI=1S/C20H21N3O4/c1-22(12-14-7-9-15(10-8-14)27-13-20(25)26)19(24)11-17-16-5-3-4-6-18(16)23(2)21-17/h3-10H,11-13H2,1-2H3,(H,25,26). The molecule has 1 heterocycles. The van der Waals surface area contributed by atoms with Crippen LogP contribution in [0.5, 0.6) is 5.75 Å². The zero-order valence-electron chi connectivity index (χ0n) is 15.3. The van der Waals surface area contributed by atoms with Crippen molar-refractivity contribution in [1.29, 1.82) is 0 Å². The van der Waals surface area contributed by atoms with Crippen molar-refractivity contribution in [2.24, 2.45) is 7.05 Å². The monoisotopic (exact) mass is 367 g/mol. The number of likely N-dealkylation sites (N-methyl/N-ethyl adjacent to an activating group) is 1. The minimum Gasteiger partial charge on any atom is -0.482 e. The van der Waals surface area contributed by atoms with Gasteiger partial charge in [0.2, 0.25) is 5.91 Å². The molecule has 1 aromatic heterocycles. The van der Waals surface area contributed by atoms with E-state index in [4.69, 9.17) is 9.84 Å². The number of carbonyl (C=O) groups is 2. The summed E-state index contributed by atoms with van der Waals surface area (Å²) in [4.78, 5) is 24.8. The Hall–Kier alpha value is -3.35. The number of aromatic nitrogens is 2. The van der Waals surface area contributed by atoms with Crippen molar-refractivity contribution in [2.45, 2.75) is 13.0 Å². The van der Waals surface area contributed by atoms with Crippen LogP contribution in [0.15, 0.2) is 48.5 Å². The molecule has 1 amide bonds. The maximum absolute atomic E-state index is 12.6. The molecular weight excluding hydrogens is 346 g/mol. The molecule has 0 aliphatic heterocycles. The zero-order valence-corrected chi connectivity index (χ0v) is 15.3. The van der Waals surface area contributed by atoms with E-state index in [1.54, 1.807) is 28.8 Å². The SMILES string of the molecule is CN(Cc1ccc(OCC(=O)O)cc1)C(=O)Cc1nn(C)c2ccccc12. The molecule has 0 saturated heterocycles. The molecule has 3 aromatic rings. The molecule has 0 unspecified atom stereocenters. The lowest BCUT2D eigenvalue weighted by Gasteiger charge is -2.17. The van der Waals surface area contributed by atoms with Crippen LogP contribution in [0, 0.1) is 0 Å². The third-order valence-corrected chi connectivity index (χ3v) is 4.28. The van der Waals surface area contributed by atoms with Gasteiger partial charge in [0.1, 0.15) is 5.75 Å². The fourth-order valence-electron chi connectivity index (χ4n) is 2.90. The van der Waals surface area contributed by atoms with Gasteiger partial charge < -0.3 is 14.7 Å². The van der Waals surface area contributed by atoms with Gasteiger partial charge in [-0.05, 0) is 23.8 Å². The van der Waals surface area contributed by atoms with E-state index in [2.05, 4.69) is 5.10 Å². The Kier molecular flexibility index (Phi) is 5.40. The summed E-state index contributed by atoms with van der Waals surface area (Å²) in [5.74, 6) is -0.563. The fraction of sp³-hybridized carbons (Fsp3) is 0.250. The van der Waals surface area contributed by atoms with Gasteiger partial charge >= 0.3 is 5.97 Å². The van der Waals surface area contributed by atoms with E-state index in [0.29, 0.717) is 12.3 Å². The summed E-state index contributed by atoms with van der Waals surface area (Å²) >= 11 is 0. The number of fused-ring (bicyclic) bond motifs is 1. The molecule has 27 heavy (non-hydrogen) atoms. The van der Waals surface area contributed by atoms with Crippen LogP contribution in [0.25, 0.3) is 10.9 Å². The van der Waals surface area contributed by atoms with Gasteiger partial charge in [-0.3, -0.25) is 9.48 Å². The molecule has 2 aromatic carbocycles. The summed E-state index contributed by atoms with van der Waals surface area (Å²) in [6, 6.07) is 14.9. The van der Waals surface area contributed by atoms with Gasteiger partial charge in [-0.25, -0.2) is 4.79 Å². The number of nitrogens with zero attached hydrogens (tertiary/aromatic N) is 3. The Balaban J connectivity index is 1.62. The van der Waals surface area contributed by atoms with Gasteiger partial charge in [0.25, 0.3) is 0 Å². The van der Waals surface area contributed by atoms with E-state index in [1.165, 1.54) is 0 Å². The fourth-order valence-corrected chi connectivity index (χ4v) is 2.90. The number of benzene rings is 2. The molecule has 0 aliphatic carbocycles. The number of ether oxygens (including phenoxy) is 1. The third-order valence-electron chi connectivity index (χ3n) is 4.28. The van der Waals surface area contributed by atoms with Crippen molar-refractivity contribution in [1.82, 2.24) is 14.7 Å². The Bertz CT molecular complexity index is 963. The lowest BCUT2D eigenvalue weighted by atomic mass is 10.1. The number of rotatable bonds is 7. The van der Waals surface area contributed by atoms with Crippen LogP contribution in [0.2, 0.25) is 0 Å². The van der Waals surface area contributed by atoms with Crippen LogP contribution in [-0.2, 0) is 29.6 Å². The minimum absolute atomic E-state index is 0.0231. The number of carboxylic acids is 1. The van der Waals surface area contributed by atoms with Gasteiger partial charge in [-0.15, -0.1) is 0 Å². The first-order chi connectivity index (χ1) is 12.9. The highest BCUT2D eigenvalue weighted by Gasteiger charge is 2.15. The van der Waals surface area contributed by atoms with Crippen LogP contribution in [0.4, 0.5) is 0 Å². The van der Waals surface area contributed by atoms with E-state index in [1.807, 2.05) is 43.4 Å². The molecule has 7 nitrogen and oxygen atoms in total. The summed E-state index contributed by atoms with van der Waals surface area (Å²) in [6.07, 6.45) is 0.234. The molecule has 1 N–H and O–H groups in total. The first kappa shape index (κ1) is 18.4. The summed E-state index contributed by atoms with van der Waals surface area (Å²) in [5.41, 5.74) is 2.70. The molecule has 0 bridgehead atoms. The van der Waals surface area contributed by atoms with Crippen LogP contribution < -0.4 is 4.74 Å². The highest BCUT2D eigenvalue weighted by atomic mass is 16.5. The van der Waals surface area contributed by atoms with Gasteiger partial charge in [0.05, 0.1) is 17.6 Å². The molecule has 140 valence electrons. The van der Waals surface area contributed by atoms with E-state index < -0.39 is 5.97 Å². The van der Waals surface area contributed by atoms with E-state index in [-0.39, 0.29) is 18.9 Å². The van der Waals surface area contributed by atoms with Crippen LogP contribution in [-0.4, -0.2) is 45.3 Å². The molecule has 0 aliphatic rings. The van der Waals surface area contributed by atoms with Crippen molar-refractivity contribution < 1.29 is 19.4 Å². The zero-order chi connectivity index (χ0) is 19.4. The predicted molar refractivity (Wildman–Crippen MR) is 100 cm³/mol. The summed E-state index contributed by atoms with van der Waals surface area (Å²) in [6.45, 7) is 0.0680. The number of carboxylic acid groups (broad SMARTS) is 1. The predicted octanol–water partition coefficient (Wildman–Crippen LogP) is 2.24. The number of para-hydroxylation sites is 1. The average Bonchev–Trinajstić information content (AvgIpc) is 2.97. The van der Waals surface area contributed by atoms with Crippen molar-refractivity contribution in [3.63, 3.8) is 0 Å². The highest BCUT2D eigenvalue weighted by Crippen LogP contribution is 2.19. The van der Waals surface area contributed by atoms with Crippen molar-refractivity contribution in [3.05, 3.63) is 59.8 Å².